The number of hydrogen-bond donors (Lipinski definition) is 3. The van der Waals surface area contributed by atoms with Crippen molar-refractivity contribution in [3.63, 3.8) is 0 Å². The topological polar surface area (TPSA) is 87.3 Å². The molecule has 20 heavy (non-hydrogen) atoms. The van der Waals surface area contributed by atoms with Crippen LogP contribution in [0, 0.1) is 0 Å². The molecule has 6 nitrogen and oxygen atoms in total. The first-order valence-electron chi connectivity index (χ1n) is 6.94. The lowest BCUT2D eigenvalue weighted by molar-refractivity contribution is 0.295. The summed E-state index contributed by atoms with van der Waals surface area (Å²) in [7, 11) is 0. The zero-order valence-electron chi connectivity index (χ0n) is 12.2. The summed E-state index contributed by atoms with van der Waals surface area (Å²) in [6.45, 7) is 9.38. The number of nitrogens with two attached hydrogens (primary N) is 1. The largest absolute Gasteiger partial charge is 0.417 e. The molecule has 0 aliphatic carbocycles. The van der Waals surface area contributed by atoms with Gasteiger partial charge in [-0.2, -0.15) is 0 Å². The Hall–Kier alpha value is -1.95. The van der Waals surface area contributed by atoms with Gasteiger partial charge >= 0.3 is 5.76 Å². The van der Waals surface area contributed by atoms with E-state index in [0.29, 0.717) is 16.8 Å². The van der Waals surface area contributed by atoms with Gasteiger partial charge in [-0.25, -0.2) is 4.79 Å². The smallest absolute Gasteiger partial charge is 0.408 e. The van der Waals surface area contributed by atoms with Crippen LogP contribution in [0.15, 0.2) is 21.3 Å². The molecule has 0 saturated carbocycles. The molecule has 4 N–H and O–H groups in total. The van der Waals surface area contributed by atoms with Gasteiger partial charge in [-0.3, -0.25) is 4.98 Å². The second kappa shape index (κ2) is 6.00. The second-order valence-electron chi connectivity index (χ2n) is 4.98. The summed E-state index contributed by atoms with van der Waals surface area (Å²) in [5.74, 6) is -0.465. The van der Waals surface area contributed by atoms with Crippen LogP contribution < -0.4 is 16.8 Å². The summed E-state index contributed by atoms with van der Waals surface area (Å²) in [6, 6.07) is 3.74. The lowest BCUT2D eigenvalue weighted by Gasteiger charge is -2.24. The standard InChI is InChI=1S/C14H22N4O2/c1-4-18(5-2)8-9(3)16-11-7-12-13(6-10(11)15)20-14(19)17-12/h6-7,9,16H,4-5,8,15H2,1-3H3,(H,17,19). The summed E-state index contributed by atoms with van der Waals surface area (Å²) in [4.78, 5) is 16.1. The number of nitrogens with one attached hydrogen (secondary N) is 2. The molecule has 0 saturated heterocycles. The van der Waals surface area contributed by atoms with Crippen LogP contribution in [0.25, 0.3) is 11.1 Å². The van der Waals surface area contributed by atoms with E-state index in [-0.39, 0.29) is 6.04 Å². The first-order chi connectivity index (χ1) is 9.53. The number of aromatic nitrogens is 1. The number of aromatic amines is 1. The molecule has 0 spiro atoms. The van der Waals surface area contributed by atoms with E-state index in [4.69, 9.17) is 10.2 Å². The first-order valence-corrected chi connectivity index (χ1v) is 6.94. The zero-order valence-corrected chi connectivity index (χ0v) is 12.2. The molecule has 6 heteroatoms. The number of hydrogen-bond acceptors (Lipinski definition) is 5. The molecule has 0 radical (unpaired) electrons. The van der Waals surface area contributed by atoms with Crippen molar-refractivity contribution < 1.29 is 4.42 Å². The third-order valence-corrected chi connectivity index (χ3v) is 3.42. The summed E-state index contributed by atoms with van der Waals surface area (Å²) in [6.07, 6.45) is 0. The fraction of sp³-hybridized carbons (Fsp3) is 0.500. The van der Waals surface area contributed by atoms with Gasteiger partial charge in [-0.05, 0) is 26.1 Å². The third kappa shape index (κ3) is 3.14. The Morgan fingerprint density at radius 1 is 1.40 bits per heavy atom. The molecule has 1 unspecified atom stereocenters. The highest BCUT2D eigenvalue weighted by Crippen LogP contribution is 2.25. The molecule has 0 aliphatic rings. The van der Waals surface area contributed by atoms with E-state index in [1.165, 1.54) is 0 Å². The fourth-order valence-corrected chi connectivity index (χ4v) is 2.32. The van der Waals surface area contributed by atoms with E-state index in [1.54, 1.807) is 6.07 Å². The minimum atomic E-state index is -0.465. The first kappa shape index (κ1) is 14.5. The van der Waals surface area contributed by atoms with Crippen LogP contribution in [0.4, 0.5) is 11.4 Å². The lowest BCUT2D eigenvalue weighted by Crippen LogP contribution is -2.34. The molecule has 1 heterocycles. The van der Waals surface area contributed by atoms with E-state index >= 15 is 0 Å². The molecule has 2 aromatic rings. The third-order valence-electron chi connectivity index (χ3n) is 3.42. The van der Waals surface area contributed by atoms with Gasteiger partial charge in [0, 0.05) is 18.7 Å². The van der Waals surface area contributed by atoms with Crippen LogP contribution in [0.1, 0.15) is 20.8 Å². The average Bonchev–Trinajstić information content (AvgIpc) is 2.75. The Morgan fingerprint density at radius 3 is 2.75 bits per heavy atom. The fourth-order valence-electron chi connectivity index (χ4n) is 2.32. The normalized spacial score (nSPS) is 13.0. The summed E-state index contributed by atoms with van der Waals surface area (Å²) in [5, 5.41) is 3.38. The Balaban J connectivity index is 2.16. The molecule has 0 fully saturated rings. The van der Waals surface area contributed by atoms with E-state index in [0.717, 1.165) is 25.3 Å². The number of H-pyrrole nitrogens is 1. The molecular formula is C14H22N4O2. The number of nitrogens with zero attached hydrogens (tertiary/aromatic N) is 1. The molecular weight excluding hydrogens is 256 g/mol. The average molecular weight is 278 g/mol. The van der Waals surface area contributed by atoms with Crippen molar-refractivity contribution in [3.05, 3.63) is 22.7 Å². The van der Waals surface area contributed by atoms with Crippen molar-refractivity contribution in [1.29, 1.82) is 0 Å². The minimum absolute atomic E-state index is 0.258. The van der Waals surface area contributed by atoms with E-state index in [9.17, 15) is 4.79 Å². The number of benzene rings is 1. The van der Waals surface area contributed by atoms with Crippen LogP contribution in [0.2, 0.25) is 0 Å². The van der Waals surface area contributed by atoms with Crippen molar-refractivity contribution >= 4 is 22.5 Å². The number of anilines is 2. The van der Waals surface area contributed by atoms with Crippen LogP contribution >= 0.6 is 0 Å². The van der Waals surface area contributed by atoms with E-state index in [2.05, 4.69) is 36.0 Å². The molecule has 1 aromatic heterocycles. The van der Waals surface area contributed by atoms with Crippen LogP contribution in [-0.4, -0.2) is 35.6 Å². The molecule has 1 aromatic carbocycles. The Bertz CT molecular complexity index is 628. The van der Waals surface area contributed by atoms with Gasteiger partial charge < -0.3 is 20.4 Å². The lowest BCUT2D eigenvalue weighted by atomic mass is 10.2. The van der Waals surface area contributed by atoms with Crippen molar-refractivity contribution in [2.24, 2.45) is 0 Å². The van der Waals surface area contributed by atoms with Gasteiger partial charge in [0.1, 0.15) is 0 Å². The summed E-state index contributed by atoms with van der Waals surface area (Å²) < 4.78 is 4.98. The molecule has 0 aliphatic heterocycles. The molecule has 110 valence electrons. The van der Waals surface area contributed by atoms with Crippen molar-refractivity contribution in [1.82, 2.24) is 9.88 Å². The highest BCUT2D eigenvalue weighted by molar-refractivity contribution is 5.85. The maximum absolute atomic E-state index is 11.2. The molecule has 2 rings (SSSR count). The molecule has 0 bridgehead atoms. The number of oxazole rings is 1. The number of likely N-dealkylation sites (N-methyl/N-ethyl adjacent to an activating group) is 1. The highest BCUT2D eigenvalue weighted by atomic mass is 16.4. The summed E-state index contributed by atoms with van der Waals surface area (Å²) >= 11 is 0. The SMILES string of the molecule is CCN(CC)CC(C)Nc1cc2[nH]c(=O)oc2cc1N. The zero-order chi connectivity index (χ0) is 14.7. The maximum Gasteiger partial charge on any atom is 0.417 e. The Morgan fingerprint density at radius 2 is 2.10 bits per heavy atom. The number of fused-ring (bicyclic) bond motifs is 1. The van der Waals surface area contributed by atoms with Crippen molar-refractivity contribution in [2.75, 3.05) is 30.7 Å². The van der Waals surface area contributed by atoms with E-state index in [1.807, 2.05) is 6.07 Å². The van der Waals surface area contributed by atoms with Gasteiger partial charge in [-0.1, -0.05) is 13.8 Å². The minimum Gasteiger partial charge on any atom is -0.408 e. The predicted octanol–water partition coefficient (Wildman–Crippen LogP) is 1.85. The predicted molar refractivity (Wildman–Crippen MR) is 82.1 cm³/mol. The van der Waals surface area contributed by atoms with Gasteiger partial charge in [0.05, 0.1) is 16.9 Å². The van der Waals surface area contributed by atoms with Crippen molar-refractivity contribution in [2.45, 2.75) is 26.8 Å². The molecule has 0 amide bonds. The van der Waals surface area contributed by atoms with Gasteiger partial charge in [-0.15, -0.1) is 0 Å². The second-order valence-corrected chi connectivity index (χ2v) is 4.98. The Kier molecular flexibility index (Phi) is 4.34. The van der Waals surface area contributed by atoms with Crippen LogP contribution in [-0.2, 0) is 0 Å². The van der Waals surface area contributed by atoms with E-state index < -0.39 is 5.76 Å². The number of nitrogen functional groups attached to an aromatic ring is 1. The quantitative estimate of drug-likeness (QED) is 0.702. The molecule has 1 atom stereocenters. The Labute approximate surface area is 117 Å². The van der Waals surface area contributed by atoms with Gasteiger partial charge in [0.2, 0.25) is 0 Å². The number of rotatable bonds is 6. The van der Waals surface area contributed by atoms with Crippen molar-refractivity contribution in [3.8, 4) is 0 Å². The monoisotopic (exact) mass is 278 g/mol. The highest BCUT2D eigenvalue weighted by Gasteiger charge is 2.11. The summed E-state index contributed by atoms with van der Waals surface area (Å²) in [5.41, 5.74) is 8.51. The van der Waals surface area contributed by atoms with Gasteiger partial charge in [0.15, 0.2) is 5.58 Å². The maximum atomic E-state index is 11.2. The van der Waals surface area contributed by atoms with Gasteiger partial charge in [0.25, 0.3) is 0 Å². The van der Waals surface area contributed by atoms with Crippen LogP contribution in [0.3, 0.4) is 0 Å². The van der Waals surface area contributed by atoms with Crippen LogP contribution in [0.5, 0.6) is 0 Å².